The van der Waals surface area contributed by atoms with Gasteiger partial charge in [-0.25, -0.2) is 0 Å². The van der Waals surface area contributed by atoms with Gasteiger partial charge >= 0.3 is 0 Å². The minimum absolute atomic E-state index is 0.177. The number of hydrogen-bond donors (Lipinski definition) is 5. The topological polar surface area (TPSA) is 155 Å². The Morgan fingerprint density at radius 2 is 2.04 bits per heavy atom. The molecule has 6 N–H and O–H groups in total. The molecule has 3 atom stereocenters. The average molecular weight is 396 g/mol. The third-order valence-electron chi connectivity index (χ3n) is 3.98. The minimum atomic E-state index is -0.811. The van der Waals surface area contributed by atoms with Crippen LogP contribution in [0.2, 0.25) is 0 Å². The number of allylic oxidation sites excluding steroid dienone is 1. The fourth-order valence-corrected chi connectivity index (χ4v) is 2.26. The number of rotatable bonds is 9. The van der Waals surface area contributed by atoms with Gasteiger partial charge in [0.1, 0.15) is 18.1 Å². The van der Waals surface area contributed by atoms with Crippen molar-refractivity contribution in [3.63, 3.8) is 0 Å². The van der Waals surface area contributed by atoms with Crippen LogP contribution in [0.3, 0.4) is 0 Å². The SMILES string of the molecule is C=N/C=C(/C)NC.CCCC(NC(=O)C(C)NC(=O)C1CCC(=O)N1)C(N)=O. The summed E-state index contributed by atoms with van der Waals surface area (Å²) in [5, 5.41) is 10.4. The zero-order chi connectivity index (χ0) is 21.7. The number of nitrogens with two attached hydrogens (primary N) is 1. The molecule has 1 heterocycles. The van der Waals surface area contributed by atoms with Crippen LogP contribution in [0.15, 0.2) is 16.9 Å². The standard InChI is InChI=1S/C13H22N4O4.C5H10N2/c1-3-4-8(11(14)19)17-12(20)7(2)15-13(21)9-5-6-10(18)16-9;1-5(7-3)4-6-2/h7-9H,3-6H2,1-2H3,(H2,14,19)(H,15,21)(H,16,18)(H,17,20);4,7H,2H2,1,3H3/b;5-4-. The van der Waals surface area contributed by atoms with Crippen LogP contribution in [-0.2, 0) is 19.2 Å². The second-order valence-electron chi connectivity index (χ2n) is 6.39. The summed E-state index contributed by atoms with van der Waals surface area (Å²) in [4.78, 5) is 49.5. The van der Waals surface area contributed by atoms with E-state index >= 15 is 0 Å². The number of aliphatic imine (C=N–C) groups is 1. The molecule has 4 amide bonds. The molecule has 0 aromatic heterocycles. The molecular formula is C18H32N6O4. The highest BCUT2D eigenvalue weighted by atomic mass is 16.2. The Hall–Kier alpha value is -2.91. The van der Waals surface area contributed by atoms with E-state index in [-0.39, 0.29) is 5.91 Å². The number of carbonyl (C=O) groups is 4. The maximum absolute atomic E-state index is 11.9. The van der Waals surface area contributed by atoms with E-state index in [1.165, 1.54) is 6.92 Å². The van der Waals surface area contributed by atoms with E-state index in [9.17, 15) is 19.2 Å². The third kappa shape index (κ3) is 9.70. The molecule has 0 bridgehead atoms. The summed E-state index contributed by atoms with van der Waals surface area (Å²) in [7, 11) is 1.84. The second-order valence-corrected chi connectivity index (χ2v) is 6.39. The van der Waals surface area contributed by atoms with Crippen molar-refractivity contribution in [2.45, 2.75) is 64.6 Å². The van der Waals surface area contributed by atoms with Crippen molar-refractivity contribution < 1.29 is 19.2 Å². The Balaban J connectivity index is 0.000000887. The van der Waals surface area contributed by atoms with Crippen LogP contribution in [0.1, 0.15) is 46.5 Å². The van der Waals surface area contributed by atoms with Crippen LogP contribution < -0.4 is 27.0 Å². The molecule has 0 aromatic rings. The number of nitrogens with one attached hydrogen (secondary N) is 4. The summed E-state index contributed by atoms with van der Waals surface area (Å²) < 4.78 is 0. The third-order valence-corrected chi connectivity index (χ3v) is 3.98. The van der Waals surface area contributed by atoms with E-state index in [4.69, 9.17) is 5.73 Å². The Morgan fingerprint density at radius 1 is 1.39 bits per heavy atom. The molecule has 1 aliphatic heterocycles. The predicted octanol–water partition coefficient (Wildman–Crippen LogP) is -0.692. The van der Waals surface area contributed by atoms with Gasteiger partial charge in [-0.15, -0.1) is 0 Å². The van der Waals surface area contributed by atoms with Gasteiger partial charge in [-0.3, -0.25) is 24.2 Å². The van der Waals surface area contributed by atoms with Gasteiger partial charge in [0.05, 0.1) is 0 Å². The first-order valence-corrected chi connectivity index (χ1v) is 9.15. The lowest BCUT2D eigenvalue weighted by Gasteiger charge is -2.20. The smallest absolute Gasteiger partial charge is 0.243 e. The summed E-state index contributed by atoms with van der Waals surface area (Å²) in [5.41, 5.74) is 6.22. The Morgan fingerprint density at radius 3 is 2.43 bits per heavy atom. The maximum Gasteiger partial charge on any atom is 0.243 e. The van der Waals surface area contributed by atoms with Crippen molar-refractivity contribution in [3.8, 4) is 0 Å². The van der Waals surface area contributed by atoms with Crippen LogP contribution in [0.5, 0.6) is 0 Å². The first kappa shape index (κ1) is 25.1. The fourth-order valence-electron chi connectivity index (χ4n) is 2.26. The molecule has 28 heavy (non-hydrogen) atoms. The van der Waals surface area contributed by atoms with Crippen molar-refractivity contribution in [3.05, 3.63) is 11.9 Å². The molecule has 1 saturated heterocycles. The molecular weight excluding hydrogens is 364 g/mol. The van der Waals surface area contributed by atoms with Gasteiger partial charge < -0.3 is 27.0 Å². The zero-order valence-electron chi connectivity index (χ0n) is 17.0. The average Bonchev–Trinajstić information content (AvgIpc) is 3.08. The molecule has 0 radical (unpaired) electrons. The summed E-state index contributed by atoms with van der Waals surface area (Å²) in [6.07, 6.45) is 3.53. The summed E-state index contributed by atoms with van der Waals surface area (Å²) in [6, 6.07) is -2.16. The Bertz CT molecular complexity index is 605. The van der Waals surface area contributed by atoms with Crippen LogP contribution in [0, 0.1) is 0 Å². The molecule has 0 spiro atoms. The molecule has 3 unspecified atom stereocenters. The molecule has 1 rings (SSSR count). The van der Waals surface area contributed by atoms with Gasteiger partial charge in [0.2, 0.25) is 23.6 Å². The molecule has 10 nitrogen and oxygen atoms in total. The van der Waals surface area contributed by atoms with Gasteiger partial charge in [0, 0.05) is 25.4 Å². The minimum Gasteiger partial charge on any atom is -0.390 e. The monoisotopic (exact) mass is 396 g/mol. The maximum atomic E-state index is 11.9. The molecule has 158 valence electrons. The van der Waals surface area contributed by atoms with Crippen molar-refractivity contribution in [2.75, 3.05) is 7.05 Å². The van der Waals surface area contributed by atoms with Crippen LogP contribution in [0.4, 0.5) is 0 Å². The summed E-state index contributed by atoms with van der Waals surface area (Å²) >= 11 is 0. The number of nitrogens with zero attached hydrogens (tertiary/aromatic N) is 1. The number of amides is 4. The van der Waals surface area contributed by atoms with Crippen molar-refractivity contribution in [1.82, 2.24) is 21.3 Å². The highest BCUT2D eigenvalue weighted by Gasteiger charge is 2.29. The second kappa shape index (κ2) is 13.3. The molecule has 0 aromatic carbocycles. The van der Waals surface area contributed by atoms with E-state index in [0.29, 0.717) is 25.7 Å². The summed E-state index contributed by atoms with van der Waals surface area (Å²) in [6.45, 7) is 8.59. The normalized spacial score (nSPS) is 17.9. The van der Waals surface area contributed by atoms with Crippen molar-refractivity contribution in [1.29, 1.82) is 0 Å². The largest absolute Gasteiger partial charge is 0.390 e. The molecule has 1 fully saturated rings. The first-order chi connectivity index (χ1) is 13.2. The van der Waals surface area contributed by atoms with E-state index in [0.717, 1.165) is 5.70 Å². The van der Waals surface area contributed by atoms with Gasteiger partial charge in [-0.1, -0.05) is 13.3 Å². The lowest BCUT2D eigenvalue weighted by Crippen LogP contribution is -2.54. The van der Waals surface area contributed by atoms with Gasteiger partial charge in [-0.2, -0.15) is 0 Å². The fraction of sp³-hybridized carbons (Fsp3) is 0.611. The van der Waals surface area contributed by atoms with Crippen LogP contribution in [-0.4, -0.2) is 55.5 Å². The zero-order valence-corrected chi connectivity index (χ0v) is 17.0. The number of primary amides is 1. The number of carbonyl (C=O) groups excluding carboxylic acids is 4. The molecule has 0 aliphatic carbocycles. The Labute approximate surface area is 165 Å². The quantitative estimate of drug-likeness (QED) is 0.326. The number of hydrogen-bond acceptors (Lipinski definition) is 6. The van der Waals surface area contributed by atoms with Crippen molar-refractivity contribution in [2.24, 2.45) is 10.7 Å². The lowest BCUT2D eigenvalue weighted by atomic mass is 10.1. The molecule has 1 aliphatic rings. The first-order valence-electron chi connectivity index (χ1n) is 9.15. The van der Waals surface area contributed by atoms with Crippen LogP contribution in [0.25, 0.3) is 0 Å². The van der Waals surface area contributed by atoms with E-state index in [2.05, 4.69) is 33.0 Å². The highest BCUT2D eigenvalue weighted by molar-refractivity contribution is 5.95. The van der Waals surface area contributed by atoms with Gasteiger partial charge in [0.25, 0.3) is 0 Å². The van der Waals surface area contributed by atoms with E-state index in [1.54, 1.807) is 6.20 Å². The predicted molar refractivity (Wildman–Crippen MR) is 107 cm³/mol. The van der Waals surface area contributed by atoms with Gasteiger partial charge in [0.15, 0.2) is 0 Å². The van der Waals surface area contributed by atoms with Gasteiger partial charge in [-0.05, 0) is 33.4 Å². The van der Waals surface area contributed by atoms with E-state index < -0.39 is 35.8 Å². The highest BCUT2D eigenvalue weighted by Crippen LogP contribution is 2.06. The molecule has 10 heteroatoms. The molecule has 0 saturated carbocycles. The van der Waals surface area contributed by atoms with E-state index in [1.807, 2.05) is 20.9 Å². The Kier molecular flexibility index (Phi) is 11.9. The van der Waals surface area contributed by atoms with Crippen LogP contribution >= 0.6 is 0 Å². The van der Waals surface area contributed by atoms with Crippen molar-refractivity contribution >= 4 is 30.3 Å². The lowest BCUT2D eigenvalue weighted by molar-refractivity contribution is -0.132. The summed E-state index contributed by atoms with van der Waals surface area (Å²) in [5.74, 6) is -1.67.